The van der Waals surface area contributed by atoms with Crippen LogP contribution in [0.5, 0.6) is 0 Å². The summed E-state index contributed by atoms with van der Waals surface area (Å²) in [5.41, 5.74) is 0.777. The Labute approximate surface area is 112 Å². The van der Waals surface area contributed by atoms with Gasteiger partial charge in [0.1, 0.15) is 0 Å². The zero-order valence-corrected chi connectivity index (χ0v) is 11.4. The largest absolute Gasteiger partial charge is 0.481 e. The smallest absolute Gasteiger partial charge is 0.309 e. The Bertz CT molecular complexity index is 495. The number of hydrogen-bond acceptors (Lipinski definition) is 3. The van der Waals surface area contributed by atoms with Crippen LogP contribution in [0.15, 0.2) is 12.5 Å². The molecule has 19 heavy (non-hydrogen) atoms. The predicted molar refractivity (Wildman–Crippen MR) is 68.2 cm³/mol. The van der Waals surface area contributed by atoms with Gasteiger partial charge in [-0.2, -0.15) is 0 Å². The van der Waals surface area contributed by atoms with E-state index in [0.717, 1.165) is 5.69 Å². The van der Waals surface area contributed by atoms with E-state index < -0.39 is 17.9 Å². The fourth-order valence-corrected chi connectivity index (χ4v) is 2.64. The van der Waals surface area contributed by atoms with E-state index in [4.69, 9.17) is 0 Å². The number of aryl methyl sites for hydroxylation is 1. The third kappa shape index (κ3) is 2.47. The fourth-order valence-electron chi connectivity index (χ4n) is 2.64. The van der Waals surface area contributed by atoms with Crippen LogP contribution in [0, 0.1) is 11.8 Å². The molecule has 1 aromatic rings. The number of carboxylic acid groups (broad SMARTS) is 1. The summed E-state index contributed by atoms with van der Waals surface area (Å²) in [5, 5.41) is 9.33. The van der Waals surface area contributed by atoms with E-state index in [2.05, 4.69) is 4.98 Å². The van der Waals surface area contributed by atoms with Crippen molar-refractivity contribution in [3.63, 3.8) is 0 Å². The van der Waals surface area contributed by atoms with Gasteiger partial charge in [-0.1, -0.05) is 13.8 Å². The van der Waals surface area contributed by atoms with Gasteiger partial charge in [0.25, 0.3) is 0 Å². The molecular formula is C13H19N3O3. The molecule has 6 heteroatoms. The number of nitrogens with zero attached hydrogens (tertiary/aromatic N) is 3. The number of aromatic nitrogens is 2. The molecule has 2 atom stereocenters. The lowest BCUT2D eigenvalue weighted by atomic mass is 9.97. The van der Waals surface area contributed by atoms with E-state index in [-0.39, 0.29) is 12.3 Å². The Hall–Kier alpha value is -1.85. The van der Waals surface area contributed by atoms with Gasteiger partial charge in [0.05, 0.1) is 30.2 Å². The van der Waals surface area contributed by atoms with Crippen LogP contribution in [0.3, 0.4) is 0 Å². The molecule has 2 unspecified atom stereocenters. The number of amides is 1. The van der Waals surface area contributed by atoms with E-state index in [1.54, 1.807) is 22.0 Å². The number of aliphatic carboxylic acids is 1. The van der Waals surface area contributed by atoms with Gasteiger partial charge in [-0.15, -0.1) is 0 Å². The van der Waals surface area contributed by atoms with Crippen LogP contribution < -0.4 is 0 Å². The Morgan fingerprint density at radius 3 is 2.74 bits per heavy atom. The molecule has 1 aliphatic rings. The Balaban J connectivity index is 2.39. The van der Waals surface area contributed by atoms with Crippen LogP contribution >= 0.6 is 0 Å². The van der Waals surface area contributed by atoms with E-state index in [1.165, 1.54) is 0 Å². The third-order valence-corrected chi connectivity index (χ3v) is 3.47. The minimum Gasteiger partial charge on any atom is -0.481 e. The van der Waals surface area contributed by atoms with Crippen molar-refractivity contribution >= 4 is 11.9 Å². The molecule has 0 aliphatic carbocycles. The highest BCUT2D eigenvalue weighted by atomic mass is 16.4. The highest BCUT2D eigenvalue weighted by Gasteiger charge is 2.45. The average molecular weight is 265 g/mol. The monoisotopic (exact) mass is 265 g/mol. The maximum atomic E-state index is 12.1. The van der Waals surface area contributed by atoms with Crippen molar-refractivity contribution in [1.29, 1.82) is 0 Å². The summed E-state index contributed by atoms with van der Waals surface area (Å²) in [6, 6.07) is -0.417. The van der Waals surface area contributed by atoms with Crippen LogP contribution in [0.1, 0.15) is 32.0 Å². The molecule has 1 amide bonds. The van der Waals surface area contributed by atoms with Gasteiger partial charge in [0.2, 0.25) is 5.91 Å². The quantitative estimate of drug-likeness (QED) is 0.883. The summed E-state index contributed by atoms with van der Waals surface area (Å²) in [6.07, 6.45) is 3.34. The molecule has 1 fully saturated rings. The third-order valence-electron chi connectivity index (χ3n) is 3.47. The average Bonchev–Trinajstić information content (AvgIpc) is 2.84. The summed E-state index contributed by atoms with van der Waals surface area (Å²) < 4.78 is 1.78. The van der Waals surface area contributed by atoms with Gasteiger partial charge in [-0.3, -0.25) is 9.59 Å². The first kappa shape index (κ1) is 13.6. The van der Waals surface area contributed by atoms with Crippen molar-refractivity contribution in [1.82, 2.24) is 14.5 Å². The van der Waals surface area contributed by atoms with Gasteiger partial charge in [-0.05, 0) is 5.92 Å². The minimum absolute atomic E-state index is 0.0674. The highest BCUT2D eigenvalue weighted by Crippen LogP contribution is 2.38. The molecule has 6 nitrogen and oxygen atoms in total. The van der Waals surface area contributed by atoms with Crippen molar-refractivity contribution in [3.8, 4) is 0 Å². The molecule has 1 N–H and O–H groups in total. The van der Waals surface area contributed by atoms with Gasteiger partial charge in [-0.25, -0.2) is 4.98 Å². The molecule has 1 aromatic heterocycles. The lowest BCUT2D eigenvalue weighted by molar-refractivity contribution is -0.142. The maximum absolute atomic E-state index is 12.1. The predicted octanol–water partition coefficient (Wildman–Crippen LogP) is 1.05. The second-order valence-corrected chi connectivity index (χ2v) is 5.46. The highest BCUT2D eigenvalue weighted by molar-refractivity contribution is 5.87. The molecule has 0 spiro atoms. The minimum atomic E-state index is -0.925. The summed E-state index contributed by atoms with van der Waals surface area (Å²) in [5.74, 6) is -1.41. The van der Waals surface area contributed by atoms with Gasteiger partial charge in [0, 0.05) is 20.0 Å². The number of imidazole rings is 1. The van der Waals surface area contributed by atoms with Crippen LogP contribution in [0.2, 0.25) is 0 Å². The summed E-state index contributed by atoms with van der Waals surface area (Å²) >= 11 is 0. The number of likely N-dealkylation sites (tertiary alicyclic amines) is 1. The molecule has 0 saturated carbocycles. The number of carbonyl (C=O) groups excluding carboxylic acids is 1. The summed E-state index contributed by atoms with van der Waals surface area (Å²) in [6.45, 7) is 4.60. The van der Waals surface area contributed by atoms with Crippen molar-refractivity contribution in [2.75, 3.05) is 6.54 Å². The molecule has 104 valence electrons. The van der Waals surface area contributed by atoms with Crippen LogP contribution in [-0.4, -0.2) is 38.0 Å². The van der Waals surface area contributed by atoms with Crippen LogP contribution in [0.25, 0.3) is 0 Å². The van der Waals surface area contributed by atoms with E-state index in [9.17, 15) is 14.7 Å². The number of carboxylic acids is 1. The number of carbonyl (C=O) groups is 2. The standard InChI is InChI=1S/C13H19N3O3/c1-8(2)6-16-11(17)4-9(13(18)19)12(16)10-5-14-7-15(10)3/h5,7-9,12H,4,6H2,1-3H3,(H,18,19). The molecule has 2 heterocycles. The zero-order valence-electron chi connectivity index (χ0n) is 11.4. The molecule has 2 rings (SSSR count). The zero-order chi connectivity index (χ0) is 14.2. The van der Waals surface area contributed by atoms with Crippen LogP contribution in [0.4, 0.5) is 0 Å². The first-order chi connectivity index (χ1) is 8.91. The van der Waals surface area contributed by atoms with Gasteiger partial charge >= 0.3 is 5.97 Å². The SMILES string of the molecule is CC(C)CN1C(=O)CC(C(=O)O)C1c1cncn1C. The Kier molecular flexibility index (Phi) is 3.59. The van der Waals surface area contributed by atoms with Crippen LogP contribution in [-0.2, 0) is 16.6 Å². The fraction of sp³-hybridized carbons (Fsp3) is 0.615. The molecular weight excluding hydrogens is 246 g/mol. The molecule has 1 saturated heterocycles. The first-order valence-electron chi connectivity index (χ1n) is 6.40. The van der Waals surface area contributed by atoms with Gasteiger partial charge in [0.15, 0.2) is 0 Å². The normalized spacial score (nSPS) is 23.4. The Morgan fingerprint density at radius 2 is 2.26 bits per heavy atom. The van der Waals surface area contributed by atoms with Crippen molar-refractivity contribution in [2.45, 2.75) is 26.3 Å². The number of hydrogen-bond donors (Lipinski definition) is 1. The second kappa shape index (κ2) is 5.03. The van der Waals surface area contributed by atoms with E-state index >= 15 is 0 Å². The summed E-state index contributed by atoms with van der Waals surface area (Å²) in [7, 11) is 1.82. The maximum Gasteiger partial charge on any atom is 0.309 e. The van der Waals surface area contributed by atoms with Crippen molar-refractivity contribution in [2.24, 2.45) is 18.9 Å². The molecule has 0 radical (unpaired) electrons. The topological polar surface area (TPSA) is 75.4 Å². The Morgan fingerprint density at radius 1 is 1.58 bits per heavy atom. The molecule has 0 bridgehead atoms. The number of rotatable bonds is 4. The first-order valence-corrected chi connectivity index (χ1v) is 6.40. The summed E-state index contributed by atoms with van der Waals surface area (Å²) in [4.78, 5) is 29.2. The lowest BCUT2D eigenvalue weighted by Gasteiger charge is -2.28. The molecule has 1 aliphatic heterocycles. The molecule has 0 aromatic carbocycles. The van der Waals surface area contributed by atoms with E-state index in [1.807, 2.05) is 20.9 Å². The second-order valence-electron chi connectivity index (χ2n) is 5.46. The van der Waals surface area contributed by atoms with Gasteiger partial charge < -0.3 is 14.6 Å². The van der Waals surface area contributed by atoms with Crippen molar-refractivity contribution < 1.29 is 14.7 Å². The lowest BCUT2D eigenvalue weighted by Crippen LogP contribution is -2.34. The van der Waals surface area contributed by atoms with Crippen molar-refractivity contribution in [3.05, 3.63) is 18.2 Å². The van der Waals surface area contributed by atoms with E-state index in [0.29, 0.717) is 12.5 Å².